The standard InChI is InChI=1S/C17H21F3N2O3/c18-17(19,20)14-10-13(22-5-8-24-9-6-22)4-3-12(14)11-21-16(23)15-2-1-7-25-15/h3-4,10,15H,1-2,5-9,11H2,(H,21,23)/t15-/m1/s1. The molecule has 0 bridgehead atoms. The fourth-order valence-corrected chi connectivity index (χ4v) is 3.08. The van der Waals surface area contributed by atoms with E-state index in [-0.39, 0.29) is 18.0 Å². The molecule has 2 fully saturated rings. The van der Waals surface area contributed by atoms with Crippen molar-refractivity contribution in [1.82, 2.24) is 5.32 Å². The van der Waals surface area contributed by atoms with E-state index in [1.807, 2.05) is 4.90 Å². The molecule has 5 nitrogen and oxygen atoms in total. The molecule has 3 rings (SSSR count). The maximum atomic E-state index is 13.4. The summed E-state index contributed by atoms with van der Waals surface area (Å²) in [6.07, 6.45) is -3.64. The Morgan fingerprint density at radius 1 is 1.24 bits per heavy atom. The zero-order chi connectivity index (χ0) is 17.9. The molecule has 1 aromatic rings. The highest BCUT2D eigenvalue weighted by atomic mass is 19.4. The molecule has 25 heavy (non-hydrogen) atoms. The molecular weight excluding hydrogens is 337 g/mol. The highest BCUT2D eigenvalue weighted by Gasteiger charge is 2.34. The third kappa shape index (κ3) is 4.43. The van der Waals surface area contributed by atoms with Crippen molar-refractivity contribution >= 4 is 11.6 Å². The Morgan fingerprint density at radius 3 is 2.64 bits per heavy atom. The molecule has 0 aromatic heterocycles. The molecule has 0 unspecified atom stereocenters. The molecule has 0 saturated carbocycles. The molecule has 8 heteroatoms. The van der Waals surface area contributed by atoms with Gasteiger partial charge in [0.25, 0.3) is 0 Å². The van der Waals surface area contributed by atoms with Gasteiger partial charge < -0.3 is 19.7 Å². The van der Waals surface area contributed by atoms with Gasteiger partial charge in [-0.05, 0) is 30.5 Å². The smallest absolute Gasteiger partial charge is 0.378 e. The van der Waals surface area contributed by atoms with Gasteiger partial charge in [0.2, 0.25) is 5.91 Å². The van der Waals surface area contributed by atoms with E-state index >= 15 is 0 Å². The molecular formula is C17H21F3N2O3. The summed E-state index contributed by atoms with van der Waals surface area (Å²) in [5, 5.41) is 2.55. The minimum atomic E-state index is -4.48. The van der Waals surface area contributed by atoms with Crippen molar-refractivity contribution in [3.05, 3.63) is 29.3 Å². The number of ether oxygens (including phenoxy) is 2. The van der Waals surface area contributed by atoms with Gasteiger partial charge in [0, 0.05) is 31.9 Å². The SMILES string of the molecule is O=C(NCc1ccc(N2CCOCC2)cc1C(F)(F)F)[C@H]1CCCO1. The monoisotopic (exact) mass is 358 g/mol. The fraction of sp³-hybridized carbons (Fsp3) is 0.588. The van der Waals surface area contributed by atoms with Crippen molar-refractivity contribution in [2.24, 2.45) is 0 Å². The minimum Gasteiger partial charge on any atom is -0.378 e. The highest BCUT2D eigenvalue weighted by Crippen LogP contribution is 2.35. The Morgan fingerprint density at radius 2 is 2.00 bits per heavy atom. The van der Waals surface area contributed by atoms with Crippen LogP contribution in [-0.2, 0) is 27.0 Å². The van der Waals surface area contributed by atoms with Crippen molar-refractivity contribution in [1.29, 1.82) is 0 Å². The number of hydrogen-bond donors (Lipinski definition) is 1. The maximum Gasteiger partial charge on any atom is 0.416 e. The van der Waals surface area contributed by atoms with Crippen LogP contribution in [0.1, 0.15) is 24.0 Å². The molecule has 1 N–H and O–H groups in total. The summed E-state index contributed by atoms with van der Waals surface area (Å²) in [4.78, 5) is 13.8. The third-order valence-electron chi connectivity index (χ3n) is 4.45. The summed E-state index contributed by atoms with van der Waals surface area (Å²) in [5.41, 5.74) is -0.148. The highest BCUT2D eigenvalue weighted by molar-refractivity contribution is 5.81. The molecule has 138 valence electrons. The van der Waals surface area contributed by atoms with E-state index in [1.54, 1.807) is 6.07 Å². The molecule has 1 atom stereocenters. The number of halogens is 3. The zero-order valence-corrected chi connectivity index (χ0v) is 13.8. The van der Waals surface area contributed by atoms with E-state index in [4.69, 9.17) is 9.47 Å². The van der Waals surface area contributed by atoms with E-state index in [2.05, 4.69) is 5.32 Å². The Kier molecular flexibility index (Phi) is 5.48. The maximum absolute atomic E-state index is 13.4. The third-order valence-corrected chi connectivity index (χ3v) is 4.45. The number of nitrogens with zero attached hydrogens (tertiary/aromatic N) is 1. The van der Waals surface area contributed by atoms with Crippen molar-refractivity contribution in [3.8, 4) is 0 Å². The number of rotatable bonds is 4. The number of benzene rings is 1. The summed E-state index contributed by atoms with van der Waals surface area (Å²) < 4.78 is 50.8. The number of carbonyl (C=O) groups excluding carboxylic acids is 1. The Balaban J connectivity index is 1.74. The lowest BCUT2D eigenvalue weighted by Crippen LogP contribution is -2.36. The number of hydrogen-bond acceptors (Lipinski definition) is 4. The first-order valence-corrected chi connectivity index (χ1v) is 8.37. The lowest BCUT2D eigenvalue weighted by molar-refractivity contribution is -0.138. The van der Waals surface area contributed by atoms with E-state index in [0.717, 1.165) is 12.5 Å². The average molecular weight is 358 g/mol. The second kappa shape index (κ2) is 7.61. The van der Waals surface area contributed by atoms with Gasteiger partial charge in [-0.3, -0.25) is 4.79 Å². The lowest BCUT2D eigenvalue weighted by Gasteiger charge is -2.29. The van der Waals surface area contributed by atoms with Gasteiger partial charge >= 0.3 is 6.18 Å². The zero-order valence-electron chi connectivity index (χ0n) is 13.8. The van der Waals surface area contributed by atoms with Crippen LogP contribution in [0.2, 0.25) is 0 Å². The molecule has 1 amide bonds. The molecule has 0 spiro atoms. The van der Waals surface area contributed by atoms with Crippen LogP contribution in [0.5, 0.6) is 0 Å². The summed E-state index contributed by atoms with van der Waals surface area (Å²) in [7, 11) is 0. The summed E-state index contributed by atoms with van der Waals surface area (Å²) in [6.45, 7) is 2.47. The van der Waals surface area contributed by atoms with Crippen molar-refractivity contribution in [2.75, 3.05) is 37.8 Å². The van der Waals surface area contributed by atoms with E-state index in [1.165, 1.54) is 6.07 Å². The van der Waals surface area contributed by atoms with Gasteiger partial charge in [-0.25, -0.2) is 0 Å². The second-order valence-electron chi connectivity index (χ2n) is 6.16. The molecule has 2 aliphatic heterocycles. The first-order valence-electron chi connectivity index (χ1n) is 8.37. The van der Waals surface area contributed by atoms with E-state index in [9.17, 15) is 18.0 Å². The van der Waals surface area contributed by atoms with Gasteiger partial charge in [0.05, 0.1) is 18.8 Å². The predicted molar refractivity (Wildman–Crippen MR) is 85.3 cm³/mol. The molecule has 0 radical (unpaired) electrons. The number of carbonyl (C=O) groups is 1. The second-order valence-corrected chi connectivity index (χ2v) is 6.16. The topological polar surface area (TPSA) is 50.8 Å². The van der Waals surface area contributed by atoms with Crippen LogP contribution in [0.3, 0.4) is 0 Å². The number of nitrogens with one attached hydrogen (secondary N) is 1. The van der Waals surface area contributed by atoms with Crippen LogP contribution in [0.15, 0.2) is 18.2 Å². The van der Waals surface area contributed by atoms with Crippen LogP contribution in [0.4, 0.5) is 18.9 Å². The quantitative estimate of drug-likeness (QED) is 0.898. The fourth-order valence-electron chi connectivity index (χ4n) is 3.08. The predicted octanol–water partition coefficient (Wildman–Crippen LogP) is 2.34. The lowest BCUT2D eigenvalue weighted by atomic mass is 10.0. The van der Waals surface area contributed by atoms with Crippen LogP contribution >= 0.6 is 0 Å². The largest absolute Gasteiger partial charge is 0.416 e. The van der Waals surface area contributed by atoms with Crippen LogP contribution in [0.25, 0.3) is 0 Å². The molecule has 2 saturated heterocycles. The first-order chi connectivity index (χ1) is 11.9. The van der Waals surface area contributed by atoms with Crippen LogP contribution < -0.4 is 10.2 Å². The molecule has 1 aromatic carbocycles. The van der Waals surface area contributed by atoms with Crippen molar-refractivity contribution in [2.45, 2.75) is 31.7 Å². The van der Waals surface area contributed by atoms with Gasteiger partial charge in [-0.1, -0.05) is 6.07 Å². The molecule has 0 aliphatic carbocycles. The van der Waals surface area contributed by atoms with Crippen molar-refractivity contribution in [3.63, 3.8) is 0 Å². The Hall–Kier alpha value is -1.80. The van der Waals surface area contributed by atoms with Gasteiger partial charge in [-0.2, -0.15) is 13.2 Å². The number of morpholine rings is 1. The summed E-state index contributed by atoms with van der Waals surface area (Å²) >= 11 is 0. The Bertz CT molecular complexity index is 610. The summed E-state index contributed by atoms with van der Waals surface area (Å²) in [5.74, 6) is -0.358. The first kappa shape index (κ1) is 18.0. The van der Waals surface area contributed by atoms with Gasteiger partial charge in [0.15, 0.2) is 0 Å². The normalized spacial score (nSPS) is 21.4. The van der Waals surface area contributed by atoms with Crippen LogP contribution in [-0.4, -0.2) is 44.9 Å². The molecule has 2 heterocycles. The van der Waals surface area contributed by atoms with Crippen LogP contribution in [0, 0.1) is 0 Å². The van der Waals surface area contributed by atoms with Gasteiger partial charge in [-0.15, -0.1) is 0 Å². The molecule has 2 aliphatic rings. The minimum absolute atomic E-state index is 0.0517. The number of anilines is 1. The number of alkyl halides is 3. The van der Waals surface area contributed by atoms with Crippen molar-refractivity contribution < 1.29 is 27.4 Å². The van der Waals surface area contributed by atoms with E-state index in [0.29, 0.717) is 45.0 Å². The van der Waals surface area contributed by atoms with Gasteiger partial charge in [0.1, 0.15) is 6.10 Å². The average Bonchev–Trinajstić information content (AvgIpc) is 3.14. The van der Waals surface area contributed by atoms with E-state index < -0.39 is 17.8 Å². The number of amides is 1. The Labute approximate surface area is 144 Å². The summed E-state index contributed by atoms with van der Waals surface area (Å²) in [6, 6.07) is 4.25.